The molecule has 4 heteroatoms. The predicted molar refractivity (Wildman–Crippen MR) is 88.7 cm³/mol. The Hall–Kier alpha value is -2.20. The monoisotopic (exact) mass is 311 g/mol. The SMILES string of the molecule is COc1ccc(C=O)cc1C[NH+]1CCCC[C@H]1c1cccnc1. The van der Waals surface area contributed by atoms with E-state index in [1.54, 1.807) is 13.2 Å². The minimum absolute atomic E-state index is 0.460. The lowest BCUT2D eigenvalue weighted by molar-refractivity contribution is -0.950. The Bertz CT molecular complexity index is 658. The lowest BCUT2D eigenvalue weighted by Gasteiger charge is -2.33. The number of quaternary nitrogens is 1. The van der Waals surface area contributed by atoms with E-state index < -0.39 is 0 Å². The maximum atomic E-state index is 11.1. The van der Waals surface area contributed by atoms with Crippen molar-refractivity contribution in [2.45, 2.75) is 31.8 Å². The largest absolute Gasteiger partial charge is 0.496 e. The van der Waals surface area contributed by atoms with Gasteiger partial charge in [-0.3, -0.25) is 9.78 Å². The number of likely N-dealkylation sites (tertiary alicyclic amines) is 1. The van der Waals surface area contributed by atoms with Crippen molar-refractivity contribution < 1.29 is 14.4 Å². The standard InChI is InChI=1S/C19H22N2O2/c1-23-19-8-7-15(14-22)11-17(19)13-21-10-3-2-6-18(21)16-5-4-9-20-12-16/h4-5,7-9,11-12,14,18H,2-3,6,10,13H2,1H3/p+1/t18-/m0/s1. The third-order valence-electron chi connectivity index (χ3n) is 4.68. The zero-order chi connectivity index (χ0) is 16.1. The third kappa shape index (κ3) is 3.59. The number of nitrogens with one attached hydrogen (secondary N) is 1. The molecule has 1 aliphatic heterocycles. The lowest BCUT2D eigenvalue weighted by Crippen LogP contribution is -3.11. The number of hydrogen-bond donors (Lipinski definition) is 1. The van der Waals surface area contributed by atoms with Gasteiger partial charge in [-0.2, -0.15) is 0 Å². The summed E-state index contributed by atoms with van der Waals surface area (Å²) in [4.78, 5) is 16.9. The summed E-state index contributed by atoms with van der Waals surface area (Å²) < 4.78 is 5.49. The van der Waals surface area contributed by atoms with Gasteiger partial charge in [0.15, 0.2) is 0 Å². The summed E-state index contributed by atoms with van der Waals surface area (Å²) in [5.41, 5.74) is 3.10. The molecule has 23 heavy (non-hydrogen) atoms. The maximum absolute atomic E-state index is 11.1. The molecule has 1 aliphatic rings. The van der Waals surface area contributed by atoms with E-state index in [2.05, 4.69) is 11.1 Å². The topological polar surface area (TPSA) is 43.6 Å². The van der Waals surface area contributed by atoms with Gasteiger partial charge in [0.05, 0.1) is 13.7 Å². The van der Waals surface area contributed by atoms with Gasteiger partial charge in [0, 0.05) is 35.5 Å². The van der Waals surface area contributed by atoms with Crippen LogP contribution in [-0.4, -0.2) is 24.9 Å². The van der Waals surface area contributed by atoms with Gasteiger partial charge in [0.25, 0.3) is 0 Å². The molecule has 2 atom stereocenters. The average molecular weight is 311 g/mol. The second kappa shape index (κ2) is 7.38. The normalized spacial score (nSPS) is 20.9. The lowest BCUT2D eigenvalue weighted by atomic mass is 9.95. The van der Waals surface area contributed by atoms with E-state index in [0.29, 0.717) is 11.6 Å². The van der Waals surface area contributed by atoms with Gasteiger partial charge in [-0.05, 0) is 37.1 Å². The highest BCUT2D eigenvalue weighted by Crippen LogP contribution is 2.22. The summed E-state index contributed by atoms with van der Waals surface area (Å²) in [7, 11) is 1.68. The van der Waals surface area contributed by atoms with Gasteiger partial charge >= 0.3 is 0 Å². The van der Waals surface area contributed by atoms with Crippen molar-refractivity contribution in [3.8, 4) is 5.75 Å². The highest BCUT2D eigenvalue weighted by molar-refractivity contribution is 5.75. The molecule has 3 rings (SSSR count). The van der Waals surface area contributed by atoms with E-state index in [0.717, 1.165) is 30.7 Å². The van der Waals surface area contributed by atoms with Gasteiger partial charge in [-0.15, -0.1) is 0 Å². The number of aromatic nitrogens is 1. The van der Waals surface area contributed by atoms with Crippen molar-refractivity contribution in [1.82, 2.24) is 4.98 Å². The third-order valence-corrected chi connectivity index (χ3v) is 4.68. The number of piperidine rings is 1. The van der Waals surface area contributed by atoms with Crippen LogP contribution in [0, 0.1) is 0 Å². The van der Waals surface area contributed by atoms with Gasteiger partial charge in [-0.25, -0.2) is 0 Å². The summed E-state index contributed by atoms with van der Waals surface area (Å²) in [5.74, 6) is 0.860. The Morgan fingerprint density at radius 2 is 2.26 bits per heavy atom. The van der Waals surface area contributed by atoms with Crippen LogP contribution in [0.1, 0.15) is 46.8 Å². The van der Waals surface area contributed by atoms with E-state index in [9.17, 15) is 4.79 Å². The van der Waals surface area contributed by atoms with Crippen LogP contribution in [0.4, 0.5) is 0 Å². The molecule has 1 N–H and O–H groups in total. The molecule has 0 spiro atoms. The summed E-state index contributed by atoms with van der Waals surface area (Å²) in [5, 5.41) is 0. The molecular weight excluding hydrogens is 288 g/mol. The zero-order valence-corrected chi connectivity index (χ0v) is 13.5. The Morgan fingerprint density at radius 1 is 1.35 bits per heavy atom. The van der Waals surface area contributed by atoms with Crippen LogP contribution in [-0.2, 0) is 6.54 Å². The van der Waals surface area contributed by atoms with Crippen molar-refractivity contribution >= 4 is 6.29 Å². The number of ether oxygens (including phenoxy) is 1. The van der Waals surface area contributed by atoms with Crippen LogP contribution < -0.4 is 9.64 Å². The van der Waals surface area contributed by atoms with Crippen molar-refractivity contribution in [1.29, 1.82) is 0 Å². The molecule has 1 aromatic carbocycles. The van der Waals surface area contributed by atoms with Crippen LogP contribution in [0.15, 0.2) is 42.7 Å². The fourth-order valence-electron chi connectivity index (χ4n) is 3.53. The van der Waals surface area contributed by atoms with E-state index in [1.807, 2.05) is 30.6 Å². The van der Waals surface area contributed by atoms with E-state index in [4.69, 9.17) is 4.74 Å². The van der Waals surface area contributed by atoms with Crippen LogP contribution in [0.25, 0.3) is 0 Å². The van der Waals surface area contributed by atoms with Crippen LogP contribution >= 0.6 is 0 Å². The molecule has 0 bridgehead atoms. The summed E-state index contributed by atoms with van der Waals surface area (Å²) in [6, 6.07) is 10.3. The maximum Gasteiger partial charge on any atom is 0.150 e. The smallest absolute Gasteiger partial charge is 0.150 e. The van der Waals surface area contributed by atoms with Crippen molar-refractivity contribution in [3.63, 3.8) is 0 Å². The van der Waals surface area contributed by atoms with Crippen LogP contribution in [0.3, 0.4) is 0 Å². The van der Waals surface area contributed by atoms with Crippen molar-refractivity contribution in [2.75, 3.05) is 13.7 Å². The number of pyridine rings is 1. The zero-order valence-electron chi connectivity index (χ0n) is 13.5. The molecule has 0 radical (unpaired) electrons. The molecule has 120 valence electrons. The van der Waals surface area contributed by atoms with Gasteiger partial charge < -0.3 is 9.64 Å². The minimum atomic E-state index is 0.460. The van der Waals surface area contributed by atoms with Gasteiger partial charge in [-0.1, -0.05) is 6.07 Å². The number of methoxy groups -OCH3 is 1. The highest BCUT2D eigenvalue weighted by atomic mass is 16.5. The number of carbonyl (C=O) groups is 1. The number of rotatable bonds is 5. The predicted octanol–water partition coefficient (Wildman–Crippen LogP) is 2.21. The first-order valence-electron chi connectivity index (χ1n) is 8.18. The Balaban J connectivity index is 1.86. The second-order valence-electron chi connectivity index (χ2n) is 6.11. The summed E-state index contributed by atoms with van der Waals surface area (Å²) >= 11 is 0. The molecule has 1 fully saturated rings. The average Bonchev–Trinajstić information content (AvgIpc) is 2.63. The molecule has 0 aliphatic carbocycles. The number of carbonyl (C=O) groups excluding carboxylic acids is 1. The molecule has 0 amide bonds. The van der Waals surface area contributed by atoms with Crippen LogP contribution in [0.2, 0.25) is 0 Å². The van der Waals surface area contributed by atoms with Gasteiger partial charge in [0.1, 0.15) is 24.6 Å². The number of nitrogens with zero attached hydrogens (tertiary/aromatic N) is 1. The Kier molecular flexibility index (Phi) is 5.03. The molecule has 0 saturated carbocycles. The summed E-state index contributed by atoms with van der Waals surface area (Å²) in [6.07, 6.45) is 8.37. The van der Waals surface area contributed by atoms with E-state index in [-0.39, 0.29) is 0 Å². The van der Waals surface area contributed by atoms with E-state index in [1.165, 1.54) is 29.7 Å². The van der Waals surface area contributed by atoms with Crippen molar-refractivity contribution in [2.24, 2.45) is 0 Å². The van der Waals surface area contributed by atoms with Crippen molar-refractivity contribution in [3.05, 3.63) is 59.4 Å². The fraction of sp³-hybridized carbons (Fsp3) is 0.368. The first kappa shape index (κ1) is 15.7. The molecular formula is C19H23N2O2+. The number of hydrogen-bond acceptors (Lipinski definition) is 3. The fourth-order valence-corrected chi connectivity index (χ4v) is 3.53. The summed E-state index contributed by atoms with van der Waals surface area (Å²) in [6.45, 7) is 2.00. The quantitative estimate of drug-likeness (QED) is 0.861. The molecule has 2 aromatic rings. The second-order valence-corrected chi connectivity index (χ2v) is 6.11. The first-order chi connectivity index (χ1) is 11.3. The highest BCUT2D eigenvalue weighted by Gasteiger charge is 2.28. The molecule has 4 nitrogen and oxygen atoms in total. The van der Waals surface area contributed by atoms with Gasteiger partial charge in [0.2, 0.25) is 0 Å². The molecule has 1 unspecified atom stereocenters. The number of benzene rings is 1. The van der Waals surface area contributed by atoms with Crippen LogP contribution in [0.5, 0.6) is 5.75 Å². The minimum Gasteiger partial charge on any atom is -0.496 e. The Morgan fingerprint density at radius 3 is 3.00 bits per heavy atom. The first-order valence-corrected chi connectivity index (χ1v) is 8.18. The Labute approximate surface area is 137 Å². The molecule has 1 aromatic heterocycles. The van der Waals surface area contributed by atoms with E-state index >= 15 is 0 Å². The molecule has 1 saturated heterocycles. The molecule has 2 heterocycles. The number of aldehydes is 1.